The number of hydrogen-bond acceptors (Lipinski definition) is 6. The third kappa shape index (κ3) is 6.53. The second-order valence-electron chi connectivity index (χ2n) is 1.75. The fraction of sp³-hybridized carbons (Fsp3) is 0.500. The van der Waals surface area contributed by atoms with E-state index in [-0.39, 0.29) is 19.5 Å². The Bertz CT molecular complexity index is 175. The van der Waals surface area contributed by atoms with Gasteiger partial charge < -0.3 is 4.74 Å². The Morgan fingerprint density at radius 1 is 1.33 bits per heavy atom. The molecule has 0 unspecified atom stereocenters. The Kier molecular flexibility index (Phi) is 5.33. The number of hydrogen-bond donors (Lipinski definition) is 0. The van der Waals surface area contributed by atoms with Crippen molar-refractivity contribution >= 4 is 18.4 Å². The Morgan fingerprint density at radius 2 is 2.00 bits per heavy atom. The summed E-state index contributed by atoms with van der Waals surface area (Å²) in [5.41, 5.74) is 0. The average Bonchev–Trinajstić information content (AvgIpc) is 2.01. The van der Waals surface area contributed by atoms with Gasteiger partial charge in [0.2, 0.25) is 0 Å². The van der Waals surface area contributed by atoms with Crippen LogP contribution in [-0.4, -0.2) is 25.0 Å². The summed E-state index contributed by atoms with van der Waals surface area (Å²) in [6.45, 7) is 1.21. The predicted molar refractivity (Wildman–Crippen MR) is 34.5 cm³/mol. The summed E-state index contributed by atoms with van der Waals surface area (Å²) in [5.74, 6) is -1.49. The van der Waals surface area contributed by atoms with Crippen molar-refractivity contribution in [1.29, 1.82) is 0 Å². The van der Waals surface area contributed by atoms with Gasteiger partial charge in [0, 0.05) is 6.92 Å². The molecule has 0 amide bonds. The molecule has 6 heteroatoms. The largest absolute Gasteiger partial charge is 0.467 e. The minimum absolute atomic E-state index is 0.0937. The van der Waals surface area contributed by atoms with Crippen LogP contribution in [0.25, 0.3) is 0 Å². The van der Waals surface area contributed by atoms with Crippen LogP contribution in [0, 0.1) is 0 Å². The Balaban J connectivity index is 3.33. The smallest absolute Gasteiger partial charge is 0.359 e. The average molecular weight is 176 g/mol. The first-order valence-corrected chi connectivity index (χ1v) is 3.10. The van der Waals surface area contributed by atoms with Crippen molar-refractivity contribution < 1.29 is 28.9 Å². The Hall–Kier alpha value is -1.59. The van der Waals surface area contributed by atoms with Crippen molar-refractivity contribution in [3.05, 3.63) is 0 Å². The monoisotopic (exact) mass is 176 g/mol. The highest BCUT2D eigenvalue weighted by molar-refractivity contribution is 5.71. The van der Waals surface area contributed by atoms with Gasteiger partial charge in [0.25, 0.3) is 6.47 Å². The molecule has 12 heavy (non-hydrogen) atoms. The molecule has 0 saturated carbocycles. The van der Waals surface area contributed by atoms with Crippen molar-refractivity contribution in [3.63, 3.8) is 0 Å². The standard InChI is InChI=1S/C6H8O6/c1-5(8)11-12-6(9)2-3-10-4-7/h4H,2-3H2,1H3. The third-order valence-electron chi connectivity index (χ3n) is 0.744. The number of rotatable bonds is 4. The van der Waals surface area contributed by atoms with E-state index < -0.39 is 11.9 Å². The van der Waals surface area contributed by atoms with Crippen LogP contribution < -0.4 is 0 Å². The van der Waals surface area contributed by atoms with Gasteiger partial charge in [-0.05, 0) is 0 Å². The van der Waals surface area contributed by atoms with E-state index in [9.17, 15) is 14.4 Å². The summed E-state index contributed by atoms with van der Waals surface area (Å²) in [5, 5.41) is 0. The third-order valence-corrected chi connectivity index (χ3v) is 0.744. The van der Waals surface area contributed by atoms with Crippen LogP contribution in [0.4, 0.5) is 0 Å². The summed E-state index contributed by atoms with van der Waals surface area (Å²) in [4.78, 5) is 38.1. The van der Waals surface area contributed by atoms with Crippen molar-refractivity contribution in [2.24, 2.45) is 0 Å². The van der Waals surface area contributed by atoms with Crippen LogP contribution in [-0.2, 0) is 28.9 Å². The molecule has 6 nitrogen and oxygen atoms in total. The van der Waals surface area contributed by atoms with E-state index >= 15 is 0 Å². The lowest BCUT2D eigenvalue weighted by Crippen LogP contribution is -2.10. The number of carbonyl (C=O) groups is 3. The first kappa shape index (κ1) is 10.4. The molecule has 68 valence electrons. The van der Waals surface area contributed by atoms with Gasteiger partial charge in [0.05, 0.1) is 6.42 Å². The molecule has 0 aromatic carbocycles. The maximum atomic E-state index is 10.5. The molecule has 0 aliphatic heterocycles. The zero-order chi connectivity index (χ0) is 9.40. The van der Waals surface area contributed by atoms with Crippen LogP contribution in [0.1, 0.15) is 13.3 Å². The van der Waals surface area contributed by atoms with E-state index in [1.165, 1.54) is 0 Å². The van der Waals surface area contributed by atoms with Gasteiger partial charge in [0.1, 0.15) is 6.61 Å². The first-order valence-electron chi connectivity index (χ1n) is 3.10. The van der Waals surface area contributed by atoms with Crippen LogP contribution >= 0.6 is 0 Å². The maximum Gasteiger partial charge on any atom is 0.359 e. The lowest BCUT2D eigenvalue weighted by molar-refractivity contribution is -0.257. The van der Waals surface area contributed by atoms with Crippen molar-refractivity contribution in [3.8, 4) is 0 Å². The van der Waals surface area contributed by atoms with Crippen molar-refractivity contribution in [2.75, 3.05) is 6.61 Å². The van der Waals surface area contributed by atoms with Gasteiger partial charge in [-0.15, -0.1) is 0 Å². The van der Waals surface area contributed by atoms with E-state index in [0.717, 1.165) is 6.92 Å². The fourth-order valence-electron chi connectivity index (χ4n) is 0.337. The summed E-state index contributed by atoms with van der Waals surface area (Å²) >= 11 is 0. The highest BCUT2D eigenvalue weighted by Crippen LogP contribution is 1.88. The molecular formula is C6H8O6. The minimum atomic E-state index is -0.771. The molecule has 0 fully saturated rings. The highest BCUT2D eigenvalue weighted by Gasteiger charge is 2.05. The quantitative estimate of drug-likeness (QED) is 0.250. The highest BCUT2D eigenvalue weighted by atomic mass is 17.2. The van der Waals surface area contributed by atoms with E-state index in [4.69, 9.17) is 0 Å². The van der Waals surface area contributed by atoms with Gasteiger partial charge in [-0.1, -0.05) is 0 Å². The van der Waals surface area contributed by atoms with Gasteiger partial charge in [-0.25, -0.2) is 19.4 Å². The molecule has 0 aromatic rings. The number of ether oxygens (including phenoxy) is 1. The topological polar surface area (TPSA) is 78.9 Å². The van der Waals surface area contributed by atoms with Gasteiger partial charge >= 0.3 is 11.9 Å². The summed E-state index contributed by atoms with van der Waals surface area (Å²) in [6, 6.07) is 0. The molecule has 0 atom stereocenters. The molecule has 0 rings (SSSR count). The summed E-state index contributed by atoms with van der Waals surface area (Å²) < 4.78 is 4.19. The van der Waals surface area contributed by atoms with E-state index in [1.54, 1.807) is 0 Å². The maximum absolute atomic E-state index is 10.5. The Morgan fingerprint density at radius 3 is 2.50 bits per heavy atom. The van der Waals surface area contributed by atoms with Gasteiger partial charge in [-0.3, -0.25) is 4.79 Å². The second kappa shape index (κ2) is 6.14. The Labute approximate surface area is 68.3 Å². The molecular weight excluding hydrogens is 168 g/mol. The molecule has 0 saturated heterocycles. The van der Waals surface area contributed by atoms with E-state index in [2.05, 4.69) is 14.5 Å². The van der Waals surface area contributed by atoms with E-state index in [0.29, 0.717) is 0 Å². The molecule has 0 heterocycles. The van der Waals surface area contributed by atoms with Gasteiger partial charge in [-0.2, -0.15) is 0 Å². The molecule has 0 aliphatic rings. The first-order chi connectivity index (χ1) is 5.66. The van der Waals surface area contributed by atoms with Crippen LogP contribution in [0.3, 0.4) is 0 Å². The zero-order valence-electron chi connectivity index (χ0n) is 6.44. The van der Waals surface area contributed by atoms with Crippen LogP contribution in [0.5, 0.6) is 0 Å². The van der Waals surface area contributed by atoms with Gasteiger partial charge in [0.15, 0.2) is 0 Å². The molecule has 0 radical (unpaired) electrons. The zero-order valence-corrected chi connectivity index (χ0v) is 6.44. The van der Waals surface area contributed by atoms with Crippen LogP contribution in [0.2, 0.25) is 0 Å². The summed E-state index contributed by atoms with van der Waals surface area (Å²) in [6.07, 6.45) is -0.147. The van der Waals surface area contributed by atoms with E-state index in [1.807, 2.05) is 0 Å². The molecule has 0 aromatic heterocycles. The predicted octanol–water partition coefficient (Wildman–Crippen LogP) is -0.429. The SMILES string of the molecule is CC(=O)OOC(=O)CCOC=O. The lowest BCUT2D eigenvalue weighted by Gasteiger charge is -1.99. The second-order valence-corrected chi connectivity index (χ2v) is 1.75. The molecule has 0 spiro atoms. The molecule has 0 bridgehead atoms. The van der Waals surface area contributed by atoms with Crippen molar-refractivity contribution in [2.45, 2.75) is 13.3 Å². The number of carbonyl (C=O) groups excluding carboxylic acids is 3. The molecule has 0 N–H and O–H groups in total. The normalized spacial score (nSPS) is 8.42. The minimum Gasteiger partial charge on any atom is -0.467 e. The lowest BCUT2D eigenvalue weighted by atomic mass is 10.5. The molecule has 0 aliphatic carbocycles. The summed E-state index contributed by atoms with van der Waals surface area (Å²) in [7, 11) is 0. The van der Waals surface area contributed by atoms with Crippen molar-refractivity contribution in [1.82, 2.24) is 0 Å². The van der Waals surface area contributed by atoms with Crippen LogP contribution in [0.15, 0.2) is 0 Å². The fourth-order valence-corrected chi connectivity index (χ4v) is 0.337.